The van der Waals surface area contributed by atoms with Crippen LogP contribution in [-0.4, -0.2) is 46.6 Å². The zero-order valence-electron chi connectivity index (χ0n) is 16.1. The van der Waals surface area contributed by atoms with Gasteiger partial charge in [0.25, 0.3) is 0 Å². The number of hydrogen-bond acceptors (Lipinski definition) is 5. The molecule has 3 amide bonds. The Kier molecular flexibility index (Phi) is 6.54. The van der Waals surface area contributed by atoms with Crippen molar-refractivity contribution in [1.29, 1.82) is 0 Å². The summed E-state index contributed by atoms with van der Waals surface area (Å²) in [4.78, 5) is 41.5. The lowest BCUT2D eigenvalue weighted by Gasteiger charge is -2.39. The highest BCUT2D eigenvalue weighted by atomic mass is 19.4. The molecule has 0 spiro atoms. The van der Waals surface area contributed by atoms with Crippen molar-refractivity contribution in [2.24, 2.45) is 5.73 Å². The van der Waals surface area contributed by atoms with Gasteiger partial charge in [-0.25, -0.2) is 0 Å². The fourth-order valence-electron chi connectivity index (χ4n) is 3.43. The lowest BCUT2D eigenvalue weighted by Crippen LogP contribution is -2.50. The number of pyridine rings is 1. The van der Waals surface area contributed by atoms with Crippen molar-refractivity contribution in [3.05, 3.63) is 59.9 Å². The number of likely N-dealkylation sites (tertiary alicyclic amines) is 1. The van der Waals surface area contributed by atoms with E-state index in [-0.39, 0.29) is 24.1 Å². The van der Waals surface area contributed by atoms with E-state index in [2.05, 4.69) is 15.0 Å². The first-order valence-corrected chi connectivity index (χ1v) is 9.30. The minimum Gasteiger partial charge on any atom is -0.366 e. The topological polar surface area (TPSA) is 115 Å². The number of nitrogens with two attached hydrogens (primary N) is 1. The second-order valence-electron chi connectivity index (χ2n) is 6.93. The number of nitrogens with one attached hydrogen (secondary N) is 1. The summed E-state index contributed by atoms with van der Waals surface area (Å²) < 4.78 is 42.2. The summed E-state index contributed by atoms with van der Waals surface area (Å²) in [6.45, 7) is -0.412. The van der Waals surface area contributed by atoms with E-state index in [0.717, 1.165) is 4.90 Å². The average molecular weight is 436 g/mol. The highest BCUT2D eigenvalue weighted by Crippen LogP contribution is 2.34. The standard InChI is InChI=1S/C20H19F3N4O4/c21-20(22,23)31-15-6-7-16(12-4-2-1-3-5-12)27(11-15)19(30)18(29)26-14-8-13(17(24)28)9-25-10-14/h1-5,8-10,15-16H,6-7,11H2,(H2,24,28)(H,26,29)/t15-,16+/m1/s1. The Bertz CT molecular complexity index is 968. The van der Waals surface area contributed by atoms with Gasteiger partial charge in [-0.1, -0.05) is 30.3 Å². The molecule has 0 aliphatic carbocycles. The second-order valence-corrected chi connectivity index (χ2v) is 6.93. The molecule has 1 aliphatic rings. The molecule has 0 radical (unpaired) electrons. The van der Waals surface area contributed by atoms with Gasteiger partial charge in [0, 0.05) is 12.7 Å². The Morgan fingerprint density at radius 1 is 1.13 bits per heavy atom. The maximum Gasteiger partial charge on any atom is 0.522 e. The summed E-state index contributed by atoms with van der Waals surface area (Å²) in [7, 11) is 0. The maximum absolute atomic E-state index is 12.9. The number of rotatable bonds is 4. The van der Waals surface area contributed by atoms with E-state index in [4.69, 9.17) is 5.73 Å². The van der Waals surface area contributed by atoms with Crippen LogP contribution in [0.5, 0.6) is 0 Å². The number of alkyl halides is 3. The number of nitrogens with zero attached hydrogens (tertiary/aromatic N) is 2. The van der Waals surface area contributed by atoms with E-state index in [9.17, 15) is 27.6 Å². The van der Waals surface area contributed by atoms with Crippen molar-refractivity contribution in [1.82, 2.24) is 9.88 Å². The van der Waals surface area contributed by atoms with E-state index >= 15 is 0 Å². The number of benzene rings is 1. The normalized spacial score (nSPS) is 19.0. The molecule has 1 aromatic heterocycles. The highest BCUT2D eigenvalue weighted by Gasteiger charge is 2.41. The first kappa shape index (κ1) is 22.2. The molecular weight excluding hydrogens is 417 g/mol. The van der Waals surface area contributed by atoms with Crippen molar-refractivity contribution >= 4 is 23.4 Å². The number of piperidine rings is 1. The fourth-order valence-corrected chi connectivity index (χ4v) is 3.43. The van der Waals surface area contributed by atoms with Crippen LogP contribution in [0, 0.1) is 0 Å². The molecule has 2 heterocycles. The number of carbonyl (C=O) groups excluding carboxylic acids is 3. The molecule has 0 saturated carbocycles. The summed E-state index contributed by atoms with van der Waals surface area (Å²) in [5.74, 6) is -2.90. The molecule has 8 nitrogen and oxygen atoms in total. The van der Waals surface area contributed by atoms with E-state index in [0.29, 0.717) is 5.56 Å². The second kappa shape index (κ2) is 9.13. The maximum atomic E-state index is 12.9. The lowest BCUT2D eigenvalue weighted by molar-refractivity contribution is -0.346. The number of halogens is 3. The monoisotopic (exact) mass is 436 g/mol. The lowest BCUT2D eigenvalue weighted by atomic mass is 9.93. The Labute approximate surface area is 175 Å². The van der Waals surface area contributed by atoms with Gasteiger partial charge in [-0.2, -0.15) is 0 Å². The molecule has 2 aromatic rings. The number of carbonyl (C=O) groups is 3. The average Bonchev–Trinajstić information content (AvgIpc) is 2.72. The van der Waals surface area contributed by atoms with Crippen LogP contribution in [0.1, 0.15) is 34.8 Å². The van der Waals surface area contributed by atoms with Crippen LogP contribution in [0.2, 0.25) is 0 Å². The van der Waals surface area contributed by atoms with E-state index < -0.39 is 42.8 Å². The van der Waals surface area contributed by atoms with Crippen LogP contribution >= 0.6 is 0 Å². The van der Waals surface area contributed by atoms with Crippen molar-refractivity contribution in [3.8, 4) is 0 Å². The number of aromatic nitrogens is 1. The molecule has 3 N–H and O–H groups in total. The van der Waals surface area contributed by atoms with Gasteiger partial charge in [0.15, 0.2) is 0 Å². The predicted molar refractivity (Wildman–Crippen MR) is 102 cm³/mol. The molecule has 1 fully saturated rings. The molecule has 31 heavy (non-hydrogen) atoms. The molecule has 0 unspecified atom stereocenters. The van der Waals surface area contributed by atoms with Crippen LogP contribution in [0.3, 0.4) is 0 Å². The van der Waals surface area contributed by atoms with E-state index in [1.54, 1.807) is 30.3 Å². The Morgan fingerprint density at radius 3 is 2.48 bits per heavy atom. The summed E-state index contributed by atoms with van der Waals surface area (Å²) in [6, 6.07) is 9.33. The smallest absolute Gasteiger partial charge is 0.366 e. The minimum absolute atomic E-state index is 0.0176. The van der Waals surface area contributed by atoms with Crippen LogP contribution < -0.4 is 11.1 Å². The Morgan fingerprint density at radius 2 is 1.84 bits per heavy atom. The van der Waals surface area contributed by atoms with Crippen LogP contribution in [0.4, 0.5) is 18.9 Å². The summed E-state index contributed by atoms with van der Waals surface area (Å²) in [5.41, 5.74) is 5.92. The zero-order chi connectivity index (χ0) is 22.6. The number of primary amides is 1. The SMILES string of the molecule is NC(=O)c1cncc(NC(=O)C(=O)N2C[C@H](OC(F)(F)F)CC[C@H]2c2ccccc2)c1. The minimum atomic E-state index is -4.86. The molecular formula is C20H19F3N4O4. The van der Waals surface area contributed by atoms with Gasteiger partial charge in [0.1, 0.15) is 0 Å². The molecule has 164 valence electrons. The molecule has 1 saturated heterocycles. The third-order valence-corrected chi connectivity index (χ3v) is 4.76. The molecule has 11 heteroatoms. The number of anilines is 1. The van der Waals surface area contributed by atoms with Crippen LogP contribution in [0.25, 0.3) is 0 Å². The predicted octanol–water partition coefficient (Wildman–Crippen LogP) is 2.39. The number of ether oxygens (including phenoxy) is 1. The van der Waals surface area contributed by atoms with Crippen LogP contribution in [0.15, 0.2) is 48.8 Å². The van der Waals surface area contributed by atoms with E-state index in [1.807, 2.05) is 0 Å². The van der Waals surface area contributed by atoms with Gasteiger partial charge in [0.2, 0.25) is 5.91 Å². The zero-order valence-corrected chi connectivity index (χ0v) is 16.1. The molecule has 0 bridgehead atoms. The van der Waals surface area contributed by atoms with E-state index in [1.165, 1.54) is 18.5 Å². The van der Waals surface area contributed by atoms with Gasteiger partial charge < -0.3 is 16.0 Å². The van der Waals surface area contributed by atoms with Crippen molar-refractivity contribution < 1.29 is 32.3 Å². The third kappa shape index (κ3) is 5.79. The first-order chi connectivity index (χ1) is 14.6. The summed E-state index contributed by atoms with van der Waals surface area (Å²) in [5, 5.41) is 2.31. The quantitative estimate of drug-likeness (QED) is 0.715. The highest BCUT2D eigenvalue weighted by molar-refractivity contribution is 6.39. The molecule has 1 aliphatic heterocycles. The molecule has 3 rings (SSSR count). The van der Waals surface area contributed by atoms with Crippen molar-refractivity contribution in [2.45, 2.75) is 31.3 Å². The third-order valence-electron chi connectivity index (χ3n) is 4.76. The summed E-state index contributed by atoms with van der Waals surface area (Å²) in [6.07, 6.45) is -3.51. The first-order valence-electron chi connectivity index (χ1n) is 9.30. The fraction of sp³-hybridized carbons (Fsp3) is 0.300. The number of amides is 3. The van der Waals surface area contributed by atoms with Crippen molar-refractivity contribution in [3.63, 3.8) is 0 Å². The van der Waals surface area contributed by atoms with Gasteiger partial charge in [-0.05, 0) is 24.5 Å². The van der Waals surface area contributed by atoms with Gasteiger partial charge in [0.05, 0.1) is 29.6 Å². The van der Waals surface area contributed by atoms with Crippen molar-refractivity contribution in [2.75, 3.05) is 11.9 Å². The van der Waals surface area contributed by atoms with Gasteiger partial charge >= 0.3 is 18.2 Å². The number of hydrogen-bond donors (Lipinski definition) is 2. The molecule has 1 aromatic carbocycles. The van der Waals surface area contributed by atoms with Gasteiger partial charge in [-0.15, -0.1) is 13.2 Å². The van der Waals surface area contributed by atoms with Gasteiger partial charge in [-0.3, -0.25) is 24.1 Å². The Balaban J connectivity index is 1.81. The van der Waals surface area contributed by atoms with Crippen LogP contribution in [-0.2, 0) is 14.3 Å². The summed E-state index contributed by atoms with van der Waals surface area (Å²) >= 11 is 0. The largest absolute Gasteiger partial charge is 0.522 e. The molecule has 2 atom stereocenters. The Hall–Kier alpha value is -3.47.